The molecule has 0 aromatic heterocycles. The third-order valence-corrected chi connectivity index (χ3v) is 2.37. The summed E-state index contributed by atoms with van der Waals surface area (Å²) in [6.45, 7) is 5.90. The molecular formula is C13H18O. The summed E-state index contributed by atoms with van der Waals surface area (Å²) in [4.78, 5) is 0. The largest absolute Gasteiger partial charge is 0.496 e. The van der Waals surface area contributed by atoms with Crippen LogP contribution in [0.4, 0.5) is 0 Å². The minimum atomic E-state index is 0.990. The number of hydrogen-bond acceptors (Lipinski definition) is 1. The monoisotopic (exact) mass is 190 g/mol. The van der Waals surface area contributed by atoms with E-state index in [1.165, 1.54) is 11.1 Å². The van der Waals surface area contributed by atoms with Gasteiger partial charge in [0.15, 0.2) is 0 Å². The second-order valence-electron chi connectivity index (χ2n) is 3.33. The molecular weight excluding hydrogens is 172 g/mol. The van der Waals surface area contributed by atoms with Crippen molar-refractivity contribution < 1.29 is 4.74 Å². The van der Waals surface area contributed by atoms with E-state index in [-0.39, 0.29) is 0 Å². The van der Waals surface area contributed by atoms with Gasteiger partial charge in [0.2, 0.25) is 0 Å². The van der Waals surface area contributed by atoms with E-state index in [9.17, 15) is 0 Å². The van der Waals surface area contributed by atoms with Crippen LogP contribution in [-0.4, -0.2) is 7.11 Å². The Bertz CT molecular complexity index is 302. The van der Waals surface area contributed by atoms with Crippen LogP contribution in [0, 0.1) is 0 Å². The number of methoxy groups -OCH3 is 1. The minimum Gasteiger partial charge on any atom is -0.496 e. The lowest BCUT2D eigenvalue weighted by Crippen LogP contribution is -1.93. The molecule has 0 radical (unpaired) electrons. The summed E-state index contributed by atoms with van der Waals surface area (Å²) in [5, 5.41) is 0. The maximum absolute atomic E-state index is 5.31. The van der Waals surface area contributed by atoms with E-state index in [2.05, 4.69) is 31.7 Å². The van der Waals surface area contributed by atoms with Crippen LogP contribution >= 0.6 is 0 Å². The summed E-state index contributed by atoms with van der Waals surface area (Å²) in [6, 6.07) is 6.40. The quantitative estimate of drug-likeness (QED) is 0.647. The standard InChI is InChI=1S/C13H18O/c1-4-6-7-12-10-11(5-2)8-9-13(12)14-3/h4,8-10H,1,5-7H2,2-3H3. The van der Waals surface area contributed by atoms with Crippen LogP contribution < -0.4 is 4.74 Å². The maximum Gasteiger partial charge on any atom is 0.122 e. The van der Waals surface area contributed by atoms with Gasteiger partial charge in [0.05, 0.1) is 7.11 Å². The fraction of sp³-hybridized carbons (Fsp3) is 0.385. The molecule has 0 heterocycles. The molecule has 0 amide bonds. The highest BCUT2D eigenvalue weighted by atomic mass is 16.5. The van der Waals surface area contributed by atoms with Crippen LogP contribution in [0.5, 0.6) is 5.75 Å². The molecule has 14 heavy (non-hydrogen) atoms. The van der Waals surface area contributed by atoms with E-state index in [1.807, 2.05) is 6.08 Å². The highest BCUT2D eigenvalue weighted by molar-refractivity contribution is 5.37. The van der Waals surface area contributed by atoms with Crippen molar-refractivity contribution in [3.05, 3.63) is 42.0 Å². The Balaban J connectivity index is 2.89. The number of ether oxygens (including phenoxy) is 1. The van der Waals surface area contributed by atoms with Gasteiger partial charge in [0.25, 0.3) is 0 Å². The molecule has 1 nitrogen and oxygen atoms in total. The second-order valence-corrected chi connectivity index (χ2v) is 3.33. The van der Waals surface area contributed by atoms with Gasteiger partial charge in [0.1, 0.15) is 5.75 Å². The summed E-state index contributed by atoms with van der Waals surface area (Å²) >= 11 is 0. The maximum atomic E-state index is 5.31. The number of rotatable bonds is 5. The lowest BCUT2D eigenvalue weighted by molar-refractivity contribution is 0.409. The molecule has 0 atom stereocenters. The molecule has 0 N–H and O–H groups in total. The molecule has 0 saturated carbocycles. The van der Waals surface area contributed by atoms with Crippen LogP contribution in [0.15, 0.2) is 30.9 Å². The second kappa shape index (κ2) is 5.48. The van der Waals surface area contributed by atoms with Crippen molar-refractivity contribution in [3.63, 3.8) is 0 Å². The van der Waals surface area contributed by atoms with Gasteiger partial charge in [-0.1, -0.05) is 25.1 Å². The molecule has 0 unspecified atom stereocenters. The molecule has 0 saturated heterocycles. The first-order valence-corrected chi connectivity index (χ1v) is 5.08. The highest BCUT2D eigenvalue weighted by Crippen LogP contribution is 2.21. The van der Waals surface area contributed by atoms with Crippen LogP contribution in [0.2, 0.25) is 0 Å². The highest BCUT2D eigenvalue weighted by Gasteiger charge is 2.02. The molecule has 0 spiro atoms. The summed E-state index contributed by atoms with van der Waals surface area (Å²) < 4.78 is 5.31. The molecule has 76 valence electrons. The first-order valence-electron chi connectivity index (χ1n) is 5.08. The van der Waals surface area contributed by atoms with Crippen molar-refractivity contribution in [2.75, 3.05) is 7.11 Å². The molecule has 1 aromatic carbocycles. The Hall–Kier alpha value is -1.24. The zero-order chi connectivity index (χ0) is 10.4. The Morgan fingerprint density at radius 2 is 2.21 bits per heavy atom. The summed E-state index contributed by atoms with van der Waals surface area (Å²) in [7, 11) is 1.72. The lowest BCUT2D eigenvalue weighted by Gasteiger charge is -2.09. The number of allylic oxidation sites excluding steroid dienone is 1. The van der Waals surface area contributed by atoms with Crippen LogP contribution in [0.1, 0.15) is 24.5 Å². The van der Waals surface area contributed by atoms with Crippen molar-refractivity contribution in [3.8, 4) is 5.75 Å². The predicted octanol–water partition coefficient (Wildman–Crippen LogP) is 3.38. The summed E-state index contributed by atoms with van der Waals surface area (Å²) in [5.41, 5.74) is 2.65. The van der Waals surface area contributed by atoms with Gasteiger partial charge in [-0.05, 0) is 36.5 Å². The van der Waals surface area contributed by atoms with Gasteiger partial charge >= 0.3 is 0 Å². The normalized spacial score (nSPS) is 9.86. The molecule has 0 aliphatic rings. The molecule has 0 aliphatic heterocycles. The van der Waals surface area contributed by atoms with Gasteiger partial charge in [-0.3, -0.25) is 0 Å². The SMILES string of the molecule is C=CCCc1cc(CC)ccc1OC. The lowest BCUT2D eigenvalue weighted by atomic mass is 10.0. The fourth-order valence-corrected chi connectivity index (χ4v) is 1.50. The van der Waals surface area contributed by atoms with Gasteiger partial charge in [-0.2, -0.15) is 0 Å². The van der Waals surface area contributed by atoms with Gasteiger partial charge in [-0.15, -0.1) is 6.58 Å². The third kappa shape index (κ3) is 2.63. The smallest absolute Gasteiger partial charge is 0.122 e. The minimum absolute atomic E-state index is 0.990. The van der Waals surface area contributed by atoms with Crippen LogP contribution in [0.25, 0.3) is 0 Å². The summed E-state index contributed by atoms with van der Waals surface area (Å²) in [6.07, 6.45) is 5.03. The van der Waals surface area contributed by atoms with Crippen LogP contribution in [0.3, 0.4) is 0 Å². The van der Waals surface area contributed by atoms with Gasteiger partial charge in [0, 0.05) is 0 Å². The molecule has 1 aromatic rings. The van der Waals surface area contributed by atoms with Gasteiger partial charge in [-0.25, -0.2) is 0 Å². The first-order chi connectivity index (χ1) is 6.81. The molecule has 1 rings (SSSR count). The molecule has 0 aliphatic carbocycles. The average molecular weight is 190 g/mol. The number of benzene rings is 1. The molecule has 0 bridgehead atoms. The van der Waals surface area contributed by atoms with E-state index in [1.54, 1.807) is 7.11 Å². The van der Waals surface area contributed by atoms with E-state index in [0.717, 1.165) is 25.0 Å². The third-order valence-electron chi connectivity index (χ3n) is 2.37. The molecule has 1 heteroatoms. The number of hydrogen-bond donors (Lipinski definition) is 0. The Morgan fingerprint density at radius 3 is 2.79 bits per heavy atom. The topological polar surface area (TPSA) is 9.23 Å². The van der Waals surface area contributed by atoms with E-state index >= 15 is 0 Å². The first kappa shape index (κ1) is 10.8. The van der Waals surface area contributed by atoms with E-state index < -0.39 is 0 Å². The summed E-state index contributed by atoms with van der Waals surface area (Å²) in [5.74, 6) is 0.990. The van der Waals surface area contributed by atoms with Crippen molar-refractivity contribution in [1.29, 1.82) is 0 Å². The van der Waals surface area contributed by atoms with Gasteiger partial charge < -0.3 is 4.74 Å². The average Bonchev–Trinajstić information content (AvgIpc) is 2.25. The predicted molar refractivity (Wildman–Crippen MR) is 60.9 cm³/mol. The zero-order valence-electron chi connectivity index (χ0n) is 9.05. The van der Waals surface area contributed by atoms with Crippen LogP contribution in [-0.2, 0) is 12.8 Å². The van der Waals surface area contributed by atoms with Crippen molar-refractivity contribution >= 4 is 0 Å². The van der Waals surface area contributed by atoms with E-state index in [0.29, 0.717) is 0 Å². The van der Waals surface area contributed by atoms with E-state index in [4.69, 9.17) is 4.74 Å². The number of aryl methyl sites for hydroxylation is 2. The zero-order valence-corrected chi connectivity index (χ0v) is 9.05. The van der Waals surface area contributed by atoms with Crippen molar-refractivity contribution in [1.82, 2.24) is 0 Å². The Kier molecular flexibility index (Phi) is 4.24. The Morgan fingerprint density at radius 1 is 1.43 bits per heavy atom. The van der Waals surface area contributed by atoms with Crippen molar-refractivity contribution in [2.24, 2.45) is 0 Å². The fourth-order valence-electron chi connectivity index (χ4n) is 1.50. The van der Waals surface area contributed by atoms with Crippen molar-refractivity contribution in [2.45, 2.75) is 26.2 Å². The Labute approximate surface area is 86.4 Å². The molecule has 0 fully saturated rings.